The van der Waals surface area contributed by atoms with Gasteiger partial charge >= 0.3 is 6.09 Å². The van der Waals surface area contributed by atoms with E-state index in [4.69, 9.17) is 13.9 Å². The van der Waals surface area contributed by atoms with E-state index < -0.39 is 0 Å². The highest BCUT2D eigenvalue weighted by molar-refractivity contribution is 7.09. The first-order valence-electron chi connectivity index (χ1n) is 10.6. The van der Waals surface area contributed by atoms with Gasteiger partial charge in [0.2, 0.25) is 0 Å². The predicted molar refractivity (Wildman–Crippen MR) is 111 cm³/mol. The molecule has 5 rings (SSSR count). The molecule has 0 radical (unpaired) electrons. The van der Waals surface area contributed by atoms with E-state index in [2.05, 4.69) is 6.07 Å². The normalized spacial score (nSPS) is 25.8. The number of hydrogen-bond acceptors (Lipinski definition) is 5. The second-order valence-electron chi connectivity index (χ2n) is 8.17. The summed E-state index contributed by atoms with van der Waals surface area (Å²) in [5, 5.41) is 2.03. The molecule has 0 N–H and O–H groups in total. The van der Waals surface area contributed by atoms with Crippen molar-refractivity contribution in [1.82, 2.24) is 4.90 Å². The lowest BCUT2D eigenvalue weighted by Gasteiger charge is -2.52. The smallest absolute Gasteiger partial charge is 0.411 e. The number of fused-ring (bicyclic) bond motifs is 3. The van der Waals surface area contributed by atoms with Gasteiger partial charge in [-0.2, -0.15) is 0 Å². The molecule has 0 aromatic carbocycles. The third-order valence-corrected chi connectivity index (χ3v) is 7.18. The van der Waals surface area contributed by atoms with E-state index in [1.54, 1.807) is 22.5 Å². The Labute approximate surface area is 176 Å². The molecule has 3 saturated heterocycles. The van der Waals surface area contributed by atoms with Crippen LogP contribution in [0.25, 0.3) is 0 Å². The average Bonchev–Trinajstić information content (AvgIpc) is 3.43. The molecule has 2 aromatic heterocycles. The van der Waals surface area contributed by atoms with Crippen molar-refractivity contribution in [3.8, 4) is 0 Å². The topological polar surface area (TPSA) is 51.9 Å². The van der Waals surface area contributed by atoms with E-state index in [0.29, 0.717) is 19.0 Å². The van der Waals surface area contributed by atoms with Crippen LogP contribution in [0.5, 0.6) is 0 Å². The van der Waals surface area contributed by atoms with Gasteiger partial charge in [-0.25, -0.2) is 4.79 Å². The highest BCUT2D eigenvalue weighted by Crippen LogP contribution is 2.35. The van der Waals surface area contributed by atoms with Crippen LogP contribution in [0.2, 0.25) is 0 Å². The summed E-state index contributed by atoms with van der Waals surface area (Å²) >= 11 is 1.65. The van der Waals surface area contributed by atoms with E-state index in [9.17, 15) is 4.79 Å². The van der Waals surface area contributed by atoms with Gasteiger partial charge in [0.15, 0.2) is 6.10 Å². The quantitative estimate of drug-likeness (QED) is 0.453. The maximum absolute atomic E-state index is 13.1. The monoisotopic (exact) mass is 419 g/mol. The molecule has 6 nitrogen and oxygen atoms in total. The zero-order valence-corrected chi connectivity index (χ0v) is 17.9. The summed E-state index contributed by atoms with van der Waals surface area (Å²) in [5.41, 5.74) is 0. The first-order chi connectivity index (χ1) is 14.2. The summed E-state index contributed by atoms with van der Waals surface area (Å²) in [6, 6.07) is 7.81. The molecule has 7 heteroatoms. The van der Waals surface area contributed by atoms with E-state index in [0.717, 1.165) is 54.3 Å². The summed E-state index contributed by atoms with van der Waals surface area (Å²) in [7, 11) is 0. The minimum Gasteiger partial charge on any atom is -0.467 e. The standard InChI is InChI=1S/C22H31N2O4S/c1-2-26-13-11-24-9-7-18(8-10-24)21(17-24)28-22(25)23(15-19-5-3-12-27-19)16-20-6-4-14-29-20/h3-6,12,14,18,21H,2,7-11,13,15-17H2,1H3/q+1/t18?,21-,24?/m0/s1. The maximum atomic E-state index is 13.1. The van der Waals surface area contributed by atoms with Gasteiger partial charge in [-0.15, -0.1) is 11.3 Å². The average molecular weight is 420 g/mol. The maximum Gasteiger partial charge on any atom is 0.411 e. The number of piperidine rings is 3. The van der Waals surface area contributed by atoms with Crippen LogP contribution in [0.1, 0.15) is 30.4 Å². The molecule has 0 aliphatic carbocycles. The van der Waals surface area contributed by atoms with Crippen LogP contribution in [0.15, 0.2) is 40.3 Å². The Morgan fingerprint density at radius 3 is 2.83 bits per heavy atom. The third-order valence-electron chi connectivity index (χ3n) is 6.32. The van der Waals surface area contributed by atoms with Gasteiger partial charge in [-0.3, -0.25) is 4.90 Å². The number of carbonyl (C=O) groups is 1. The van der Waals surface area contributed by atoms with Crippen molar-refractivity contribution in [2.24, 2.45) is 5.92 Å². The van der Waals surface area contributed by atoms with Gasteiger partial charge in [-0.05, 0) is 30.5 Å². The molecule has 3 aliphatic rings. The Bertz CT molecular complexity index is 718. The molecule has 29 heavy (non-hydrogen) atoms. The summed E-state index contributed by atoms with van der Waals surface area (Å²) in [6.45, 7) is 8.82. The highest BCUT2D eigenvalue weighted by atomic mass is 32.1. The molecule has 1 atom stereocenters. The molecule has 3 aliphatic heterocycles. The molecule has 158 valence electrons. The predicted octanol–water partition coefficient (Wildman–Crippen LogP) is 4.13. The SMILES string of the molecule is CCOCC[N+]12CCC(CC1)[C@@H](OC(=O)N(Cc1ccco1)Cc1cccs1)C2. The first-order valence-corrected chi connectivity index (χ1v) is 11.5. The summed E-state index contributed by atoms with van der Waals surface area (Å²) in [6.07, 6.45) is 3.66. The number of rotatable bonds is 9. The fourth-order valence-electron chi connectivity index (χ4n) is 4.64. The minimum atomic E-state index is -0.239. The Balaban J connectivity index is 1.41. The Morgan fingerprint density at radius 1 is 1.28 bits per heavy atom. The molecular weight excluding hydrogens is 388 g/mol. The van der Waals surface area contributed by atoms with Gasteiger partial charge < -0.3 is 18.4 Å². The summed E-state index contributed by atoms with van der Waals surface area (Å²) in [4.78, 5) is 16.0. The molecule has 5 heterocycles. The van der Waals surface area contributed by atoms with Crippen molar-refractivity contribution in [3.05, 3.63) is 46.5 Å². The fraction of sp³-hybridized carbons (Fsp3) is 0.591. The van der Waals surface area contributed by atoms with Crippen molar-refractivity contribution in [1.29, 1.82) is 0 Å². The number of hydrogen-bond donors (Lipinski definition) is 0. The molecule has 3 fully saturated rings. The van der Waals surface area contributed by atoms with Crippen LogP contribution in [0, 0.1) is 5.92 Å². The molecule has 2 bridgehead atoms. The van der Waals surface area contributed by atoms with Crippen LogP contribution in [-0.2, 0) is 22.6 Å². The van der Waals surface area contributed by atoms with Crippen LogP contribution in [0.3, 0.4) is 0 Å². The number of nitrogens with zero attached hydrogens (tertiary/aromatic N) is 2. The van der Waals surface area contributed by atoms with Crippen molar-refractivity contribution >= 4 is 17.4 Å². The molecule has 0 spiro atoms. The van der Waals surface area contributed by atoms with Gasteiger partial charge in [0.1, 0.15) is 18.8 Å². The van der Waals surface area contributed by atoms with Crippen molar-refractivity contribution in [3.63, 3.8) is 0 Å². The highest BCUT2D eigenvalue weighted by Gasteiger charge is 2.47. The molecule has 2 aromatic rings. The van der Waals surface area contributed by atoms with Gasteiger partial charge in [0.25, 0.3) is 0 Å². The third kappa shape index (κ3) is 5.02. The molecular formula is C22H31N2O4S+. The summed E-state index contributed by atoms with van der Waals surface area (Å²) in [5.74, 6) is 1.26. The fourth-order valence-corrected chi connectivity index (χ4v) is 5.36. The number of thiophene rings is 1. The molecule has 1 amide bonds. The second kappa shape index (κ2) is 9.32. The van der Waals surface area contributed by atoms with Crippen LogP contribution in [-0.4, -0.2) is 61.0 Å². The van der Waals surface area contributed by atoms with Crippen molar-refractivity contribution in [2.75, 3.05) is 39.4 Å². The zero-order valence-electron chi connectivity index (χ0n) is 17.1. The number of furan rings is 1. The first kappa shape index (κ1) is 20.4. The van der Waals surface area contributed by atoms with E-state index >= 15 is 0 Å². The number of carbonyl (C=O) groups excluding carboxylic acids is 1. The van der Waals surface area contributed by atoms with E-state index in [1.165, 1.54) is 13.1 Å². The minimum absolute atomic E-state index is 0.00550. The van der Waals surface area contributed by atoms with Crippen LogP contribution >= 0.6 is 11.3 Å². The Morgan fingerprint density at radius 2 is 2.14 bits per heavy atom. The number of quaternary nitrogens is 1. The van der Waals surface area contributed by atoms with E-state index in [1.807, 2.05) is 30.5 Å². The molecule has 0 saturated carbocycles. The zero-order chi connectivity index (χ0) is 20.1. The van der Waals surface area contributed by atoms with Gasteiger partial charge in [-0.1, -0.05) is 6.07 Å². The van der Waals surface area contributed by atoms with Crippen molar-refractivity contribution < 1.29 is 23.2 Å². The van der Waals surface area contributed by atoms with Gasteiger partial charge in [0, 0.05) is 30.2 Å². The lowest BCUT2D eigenvalue weighted by Crippen LogP contribution is -2.65. The van der Waals surface area contributed by atoms with Gasteiger partial charge in [0.05, 0.1) is 39.0 Å². The Hall–Kier alpha value is -1.83. The number of amides is 1. The molecule has 0 unspecified atom stereocenters. The van der Waals surface area contributed by atoms with Crippen molar-refractivity contribution in [2.45, 2.75) is 39.0 Å². The lowest BCUT2D eigenvalue weighted by molar-refractivity contribution is -0.946. The number of ether oxygens (including phenoxy) is 2. The lowest BCUT2D eigenvalue weighted by atomic mass is 9.83. The van der Waals surface area contributed by atoms with E-state index in [-0.39, 0.29) is 12.2 Å². The summed E-state index contributed by atoms with van der Waals surface area (Å²) < 4.78 is 18.2. The van der Waals surface area contributed by atoms with Crippen LogP contribution < -0.4 is 0 Å². The van der Waals surface area contributed by atoms with Crippen LogP contribution in [0.4, 0.5) is 4.79 Å². The Kier molecular flexibility index (Phi) is 6.57. The largest absolute Gasteiger partial charge is 0.467 e. The second-order valence-corrected chi connectivity index (χ2v) is 9.20.